The molecule has 0 saturated heterocycles. The van der Waals surface area contributed by atoms with Gasteiger partial charge in [-0.3, -0.25) is 19.1 Å². The third-order valence-electron chi connectivity index (χ3n) is 3.08. The molecule has 3 N–H and O–H groups in total. The van der Waals surface area contributed by atoms with E-state index < -0.39 is 12.1 Å². The summed E-state index contributed by atoms with van der Waals surface area (Å²) in [6.45, 7) is 5.16. The highest BCUT2D eigenvalue weighted by atomic mass is 16.2. The van der Waals surface area contributed by atoms with Crippen LogP contribution in [0, 0.1) is 5.92 Å². The molecule has 1 rings (SSSR count). The molecule has 2 atom stereocenters. The van der Waals surface area contributed by atoms with Crippen molar-refractivity contribution >= 4 is 18.1 Å². The van der Waals surface area contributed by atoms with E-state index in [-0.39, 0.29) is 17.6 Å². The predicted octanol–water partition coefficient (Wildman–Crippen LogP) is -0.260. The molecule has 7 nitrogen and oxygen atoms in total. The minimum absolute atomic E-state index is 0.000470. The lowest BCUT2D eigenvalue weighted by Gasteiger charge is -2.24. The SMILES string of the molecule is CC(=O)C(NC(=O)C(Cc1cn(C)[nH]1)NC=O)C(C)C. The van der Waals surface area contributed by atoms with Crippen molar-refractivity contribution in [3.05, 3.63) is 11.9 Å². The van der Waals surface area contributed by atoms with Crippen LogP contribution >= 0.6 is 0 Å². The van der Waals surface area contributed by atoms with Gasteiger partial charge in [0.25, 0.3) is 0 Å². The van der Waals surface area contributed by atoms with Crippen LogP contribution in [0.2, 0.25) is 0 Å². The van der Waals surface area contributed by atoms with Gasteiger partial charge in [0.15, 0.2) is 5.78 Å². The van der Waals surface area contributed by atoms with Gasteiger partial charge < -0.3 is 15.7 Å². The van der Waals surface area contributed by atoms with Crippen molar-refractivity contribution in [3.8, 4) is 0 Å². The van der Waals surface area contributed by atoms with Crippen molar-refractivity contribution in [2.75, 3.05) is 0 Å². The zero-order valence-electron chi connectivity index (χ0n) is 12.3. The van der Waals surface area contributed by atoms with Gasteiger partial charge in [-0.15, -0.1) is 0 Å². The third-order valence-corrected chi connectivity index (χ3v) is 3.08. The Bertz CT molecular complexity index is 463. The number of aromatic nitrogens is 2. The summed E-state index contributed by atoms with van der Waals surface area (Å²) in [5.74, 6) is -0.456. The molecule has 0 radical (unpaired) electrons. The van der Waals surface area contributed by atoms with Gasteiger partial charge >= 0.3 is 0 Å². The van der Waals surface area contributed by atoms with Gasteiger partial charge in [-0.2, -0.15) is 0 Å². The van der Waals surface area contributed by atoms with Crippen molar-refractivity contribution in [2.24, 2.45) is 13.0 Å². The highest BCUT2D eigenvalue weighted by molar-refractivity contribution is 5.90. The maximum absolute atomic E-state index is 12.2. The molecular formula is C13H22N4O3. The Labute approximate surface area is 118 Å². The van der Waals surface area contributed by atoms with Gasteiger partial charge in [0.05, 0.1) is 11.7 Å². The van der Waals surface area contributed by atoms with E-state index in [2.05, 4.69) is 15.7 Å². The first-order valence-corrected chi connectivity index (χ1v) is 6.55. The van der Waals surface area contributed by atoms with Gasteiger partial charge in [-0.05, 0) is 12.8 Å². The van der Waals surface area contributed by atoms with Crippen molar-refractivity contribution in [2.45, 2.75) is 39.3 Å². The number of aromatic amines is 1. The molecule has 0 fully saturated rings. The lowest BCUT2D eigenvalue weighted by molar-refractivity contribution is -0.130. The molecule has 20 heavy (non-hydrogen) atoms. The highest BCUT2D eigenvalue weighted by Gasteiger charge is 2.26. The Hall–Kier alpha value is -2.05. The summed E-state index contributed by atoms with van der Waals surface area (Å²) in [7, 11) is 1.83. The number of nitrogens with zero attached hydrogens (tertiary/aromatic N) is 1. The number of Topliss-reactive ketones (excluding diaryl/α,β-unsaturated/α-hetero) is 1. The normalized spacial score (nSPS) is 13.8. The fraction of sp³-hybridized carbons (Fsp3) is 0.615. The standard InChI is InChI=1S/C13H22N4O3/c1-8(2)12(9(3)19)15-13(20)11(14-7-18)5-10-6-17(4)16-10/h6-8,11-12,16H,5H2,1-4H3,(H,14,18)(H,15,20). The van der Waals surface area contributed by atoms with E-state index in [1.54, 1.807) is 4.68 Å². The second kappa shape index (κ2) is 6.93. The zero-order valence-corrected chi connectivity index (χ0v) is 12.3. The second-order valence-electron chi connectivity index (χ2n) is 5.26. The van der Waals surface area contributed by atoms with Crippen LogP contribution in [0.1, 0.15) is 26.5 Å². The molecule has 0 saturated carbocycles. The minimum atomic E-state index is -0.694. The van der Waals surface area contributed by atoms with Crippen LogP contribution in [-0.2, 0) is 27.9 Å². The van der Waals surface area contributed by atoms with Gasteiger partial charge in [-0.25, -0.2) is 0 Å². The van der Waals surface area contributed by atoms with Crippen LogP contribution in [0.3, 0.4) is 0 Å². The number of carbonyl (C=O) groups is 3. The Morgan fingerprint density at radius 3 is 2.45 bits per heavy atom. The van der Waals surface area contributed by atoms with Crippen LogP contribution in [0.25, 0.3) is 0 Å². The van der Waals surface area contributed by atoms with Gasteiger partial charge in [-0.1, -0.05) is 13.8 Å². The first-order valence-electron chi connectivity index (χ1n) is 6.55. The molecule has 7 heteroatoms. The van der Waals surface area contributed by atoms with Gasteiger partial charge in [0.2, 0.25) is 12.3 Å². The number of rotatable bonds is 8. The van der Waals surface area contributed by atoms with Crippen LogP contribution in [0.5, 0.6) is 0 Å². The summed E-state index contributed by atoms with van der Waals surface area (Å²) < 4.78 is 1.75. The number of H-pyrrole nitrogens is 1. The van der Waals surface area contributed by atoms with E-state index in [1.807, 2.05) is 27.1 Å². The van der Waals surface area contributed by atoms with Crippen LogP contribution < -0.4 is 10.6 Å². The van der Waals surface area contributed by atoms with Gasteiger partial charge in [0.1, 0.15) is 6.04 Å². The molecule has 0 spiro atoms. The summed E-state index contributed by atoms with van der Waals surface area (Å²) in [4.78, 5) is 34.3. The van der Waals surface area contributed by atoms with Crippen LogP contribution in [0.15, 0.2) is 6.20 Å². The van der Waals surface area contributed by atoms with E-state index in [0.29, 0.717) is 12.8 Å². The van der Waals surface area contributed by atoms with E-state index >= 15 is 0 Å². The summed E-state index contributed by atoms with van der Waals surface area (Å²) >= 11 is 0. The molecule has 2 amide bonds. The van der Waals surface area contributed by atoms with Crippen molar-refractivity contribution in [1.29, 1.82) is 0 Å². The Morgan fingerprint density at radius 1 is 1.45 bits per heavy atom. The number of hydrogen-bond acceptors (Lipinski definition) is 3. The Kier molecular flexibility index (Phi) is 5.54. The molecule has 1 heterocycles. The average Bonchev–Trinajstić information content (AvgIpc) is 2.32. The molecule has 1 aromatic heterocycles. The van der Waals surface area contributed by atoms with Gasteiger partial charge in [0, 0.05) is 19.7 Å². The second-order valence-corrected chi connectivity index (χ2v) is 5.26. The summed E-state index contributed by atoms with van der Waals surface area (Å²) in [5, 5.41) is 8.14. The summed E-state index contributed by atoms with van der Waals surface area (Å²) in [5.41, 5.74) is 0.853. The Balaban J connectivity index is 2.68. The number of ketones is 1. The maximum atomic E-state index is 12.2. The lowest BCUT2D eigenvalue weighted by atomic mass is 10.00. The monoisotopic (exact) mass is 282 g/mol. The number of aryl methyl sites for hydroxylation is 1. The lowest BCUT2D eigenvalue weighted by Crippen LogP contribution is -2.52. The highest BCUT2D eigenvalue weighted by Crippen LogP contribution is 2.06. The first kappa shape index (κ1) is 16.0. The molecule has 0 aliphatic carbocycles. The molecule has 1 aromatic rings. The van der Waals surface area contributed by atoms with Crippen LogP contribution in [0.4, 0.5) is 0 Å². The van der Waals surface area contributed by atoms with E-state index in [9.17, 15) is 14.4 Å². The van der Waals surface area contributed by atoms with E-state index in [4.69, 9.17) is 0 Å². The van der Waals surface area contributed by atoms with Crippen molar-refractivity contribution in [3.63, 3.8) is 0 Å². The van der Waals surface area contributed by atoms with Crippen molar-refractivity contribution < 1.29 is 14.4 Å². The average molecular weight is 282 g/mol. The van der Waals surface area contributed by atoms with Crippen LogP contribution in [-0.4, -0.2) is 40.0 Å². The summed E-state index contributed by atoms with van der Waals surface area (Å²) in [6.07, 6.45) is 2.68. The molecule has 0 bridgehead atoms. The molecular weight excluding hydrogens is 260 g/mol. The van der Waals surface area contributed by atoms with Crippen molar-refractivity contribution in [1.82, 2.24) is 20.4 Å². The fourth-order valence-corrected chi connectivity index (χ4v) is 2.07. The number of amides is 2. The molecule has 2 unspecified atom stereocenters. The molecule has 0 aliphatic heterocycles. The largest absolute Gasteiger partial charge is 0.347 e. The quantitative estimate of drug-likeness (QED) is 0.573. The third kappa shape index (κ3) is 4.25. The molecule has 112 valence electrons. The fourth-order valence-electron chi connectivity index (χ4n) is 2.07. The topological polar surface area (TPSA) is 96.0 Å². The summed E-state index contributed by atoms with van der Waals surface area (Å²) in [6, 6.07) is -1.23. The molecule has 0 aromatic carbocycles. The number of hydrogen-bond donors (Lipinski definition) is 3. The maximum Gasteiger partial charge on any atom is 0.243 e. The number of carbonyl (C=O) groups excluding carboxylic acids is 3. The predicted molar refractivity (Wildman–Crippen MR) is 73.9 cm³/mol. The minimum Gasteiger partial charge on any atom is -0.347 e. The zero-order chi connectivity index (χ0) is 15.3. The number of nitrogens with one attached hydrogen (secondary N) is 3. The van der Waals surface area contributed by atoms with E-state index in [0.717, 1.165) is 5.69 Å². The smallest absolute Gasteiger partial charge is 0.243 e. The first-order chi connectivity index (χ1) is 9.35. The molecule has 0 aliphatic rings. The van der Waals surface area contributed by atoms with E-state index in [1.165, 1.54) is 6.92 Å². The Morgan fingerprint density at radius 2 is 2.05 bits per heavy atom.